The van der Waals surface area contributed by atoms with Gasteiger partial charge >= 0.3 is 0 Å². The molecule has 1 fully saturated rings. The quantitative estimate of drug-likeness (QED) is 0.457. The minimum Gasteiger partial charge on any atom is -0.390 e. The molecule has 1 heterocycles. The molecule has 0 spiro atoms. The SMILES string of the molecule is O[C@H]1[C@H](O)C[C@@H](O)O[C@@H]1CF. The largest absolute Gasteiger partial charge is 0.390 e. The first-order chi connectivity index (χ1) is 5.15. The zero-order valence-corrected chi connectivity index (χ0v) is 5.85. The zero-order valence-electron chi connectivity index (χ0n) is 5.85. The van der Waals surface area contributed by atoms with E-state index < -0.39 is 31.3 Å². The maximum Gasteiger partial charge on any atom is 0.157 e. The third-order valence-corrected chi connectivity index (χ3v) is 1.70. The van der Waals surface area contributed by atoms with Crippen LogP contribution in [-0.4, -0.2) is 46.6 Å². The second-order valence-corrected chi connectivity index (χ2v) is 2.58. The molecule has 4 atom stereocenters. The van der Waals surface area contributed by atoms with Gasteiger partial charge in [-0.1, -0.05) is 0 Å². The summed E-state index contributed by atoms with van der Waals surface area (Å²) >= 11 is 0. The fourth-order valence-electron chi connectivity index (χ4n) is 1.06. The fraction of sp³-hybridized carbons (Fsp3) is 1.00. The molecule has 11 heavy (non-hydrogen) atoms. The number of aliphatic hydroxyl groups is 3. The van der Waals surface area contributed by atoms with Gasteiger partial charge in [0.15, 0.2) is 6.29 Å². The Hall–Kier alpha value is -0.230. The van der Waals surface area contributed by atoms with Gasteiger partial charge in [0.2, 0.25) is 0 Å². The maximum atomic E-state index is 12.0. The third-order valence-electron chi connectivity index (χ3n) is 1.70. The Kier molecular flexibility index (Phi) is 2.78. The standard InChI is InChI=1S/C6H11FO4/c7-2-4-6(10)3(8)1-5(9)11-4/h3-6,8-10H,1-2H2/t3-,4-,5+,6+/m1/s1. The third kappa shape index (κ3) is 1.87. The first-order valence-electron chi connectivity index (χ1n) is 3.40. The average Bonchev–Trinajstić information content (AvgIpc) is 1.96. The molecule has 4 nitrogen and oxygen atoms in total. The lowest BCUT2D eigenvalue weighted by atomic mass is 10.0. The van der Waals surface area contributed by atoms with Crippen LogP contribution in [0.3, 0.4) is 0 Å². The number of hydrogen-bond acceptors (Lipinski definition) is 4. The minimum atomic E-state index is -1.23. The van der Waals surface area contributed by atoms with Crippen LogP contribution in [0.4, 0.5) is 4.39 Å². The molecule has 1 aliphatic heterocycles. The normalized spacial score (nSPS) is 45.8. The van der Waals surface area contributed by atoms with Crippen molar-refractivity contribution in [3.8, 4) is 0 Å². The number of halogens is 1. The fourth-order valence-corrected chi connectivity index (χ4v) is 1.06. The van der Waals surface area contributed by atoms with Crippen molar-refractivity contribution in [2.45, 2.75) is 31.0 Å². The lowest BCUT2D eigenvalue weighted by molar-refractivity contribution is -0.234. The summed E-state index contributed by atoms with van der Waals surface area (Å²) in [6.45, 7) is -0.907. The van der Waals surface area contributed by atoms with Gasteiger partial charge < -0.3 is 20.1 Å². The molecular formula is C6H11FO4. The van der Waals surface area contributed by atoms with E-state index in [0.29, 0.717) is 0 Å². The molecule has 0 unspecified atom stereocenters. The number of alkyl halides is 1. The molecule has 0 aromatic heterocycles. The molecule has 1 rings (SSSR count). The first-order valence-corrected chi connectivity index (χ1v) is 3.40. The topological polar surface area (TPSA) is 69.9 Å². The van der Waals surface area contributed by atoms with E-state index in [0.717, 1.165) is 0 Å². The van der Waals surface area contributed by atoms with Crippen LogP contribution < -0.4 is 0 Å². The van der Waals surface area contributed by atoms with Gasteiger partial charge in [-0.15, -0.1) is 0 Å². The average molecular weight is 166 g/mol. The number of rotatable bonds is 1. The summed E-state index contributed by atoms with van der Waals surface area (Å²) in [6.07, 6.45) is -4.68. The van der Waals surface area contributed by atoms with Crippen molar-refractivity contribution >= 4 is 0 Å². The first kappa shape index (κ1) is 8.86. The number of aliphatic hydroxyl groups excluding tert-OH is 3. The lowest BCUT2D eigenvalue weighted by Gasteiger charge is -2.33. The predicted octanol–water partition coefficient (Wildman–Crippen LogP) is -1.22. The predicted molar refractivity (Wildman–Crippen MR) is 33.5 cm³/mol. The van der Waals surface area contributed by atoms with Crippen molar-refractivity contribution in [3.05, 3.63) is 0 Å². The summed E-state index contributed by atoms with van der Waals surface area (Å²) in [7, 11) is 0. The molecule has 3 N–H and O–H groups in total. The Labute approximate surface area is 63.2 Å². The molecule has 0 bridgehead atoms. The Balaban J connectivity index is 2.51. The number of hydrogen-bond donors (Lipinski definition) is 3. The molecule has 0 aromatic rings. The van der Waals surface area contributed by atoms with E-state index in [1.807, 2.05) is 0 Å². The van der Waals surface area contributed by atoms with Crippen molar-refractivity contribution in [3.63, 3.8) is 0 Å². The Morgan fingerprint density at radius 3 is 2.55 bits per heavy atom. The van der Waals surface area contributed by atoms with Gasteiger partial charge in [-0.05, 0) is 0 Å². The number of ether oxygens (including phenoxy) is 1. The van der Waals surface area contributed by atoms with E-state index >= 15 is 0 Å². The van der Waals surface area contributed by atoms with Gasteiger partial charge in [-0.3, -0.25) is 0 Å². The van der Waals surface area contributed by atoms with Crippen LogP contribution in [0, 0.1) is 0 Å². The van der Waals surface area contributed by atoms with Gasteiger partial charge in [0.1, 0.15) is 18.9 Å². The Morgan fingerprint density at radius 1 is 1.36 bits per heavy atom. The van der Waals surface area contributed by atoms with Crippen LogP contribution in [0.15, 0.2) is 0 Å². The van der Waals surface area contributed by atoms with E-state index in [4.69, 9.17) is 15.3 Å². The van der Waals surface area contributed by atoms with Crippen LogP contribution in [0.25, 0.3) is 0 Å². The zero-order chi connectivity index (χ0) is 8.43. The molecule has 0 radical (unpaired) electrons. The monoisotopic (exact) mass is 166 g/mol. The van der Waals surface area contributed by atoms with Crippen LogP contribution in [0.2, 0.25) is 0 Å². The molecule has 1 saturated heterocycles. The van der Waals surface area contributed by atoms with Gasteiger partial charge in [-0.2, -0.15) is 0 Å². The molecule has 0 aromatic carbocycles. The molecule has 0 aliphatic carbocycles. The second kappa shape index (κ2) is 3.44. The molecule has 66 valence electrons. The summed E-state index contributed by atoms with van der Waals surface area (Å²) < 4.78 is 16.6. The van der Waals surface area contributed by atoms with Crippen LogP contribution in [-0.2, 0) is 4.74 Å². The molecular weight excluding hydrogens is 155 g/mol. The highest BCUT2D eigenvalue weighted by molar-refractivity contribution is 4.81. The van der Waals surface area contributed by atoms with Crippen molar-refractivity contribution < 1.29 is 24.4 Å². The van der Waals surface area contributed by atoms with Crippen molar-refractivity contribution in [1.82, 2.24) is 0 Å². The van der Waals surface area contributed by atoms with E-state index in [9.17, 15) is 4.39 Å². The summed E-state index contributed by atoms with van der Waals surface area (Å²) in [5, 5.41) is 26.9. The van der Waals surface area contributed by atoms with Crippen LogP contribution >= 0.6 is 0 Å². The summed E-state index contributed by atoms with van der Waals surface area (Å²) in [5.74, 6) is 0. The van der Waals surface area contributed by atoms with E-state index in [1.165, 1.54) is 0 Å². The Bertz CT molecular complexity index is 132. The smallest absolute Gasteiger partial charge is 0.157 e. The minimum absolute atomic E-state index is 0.0718. The molecule has 1 aliphatic rings. The van der Waals surface area contributed by atoms with Gasteiger partial charge in [0.25, 0.3) is 0 Å². The summed E-state index contributed by atoms with van der Waals surface area (Å²) in [6, 6.07) is 0. The van der Waals surface area contributed by atoms with E-state index in [-0.39, 0.29) is 6.42 Å². The molecule has 0 saturated carbocycles. The van der Waals surface area contributed by atoms with E-state index in [2.05, 4.69) is 4.74 Å². The van der Waals surface area contributed by atoms with Crippen molar-refractivity contribution in [2.75, 3.05) is 6.67 Å². The lowest BCUT2D eigenvalue weighted by Crippen LogP contribution is -2.49. The van der Waals surface area contributed by atoms with Crippen LogP contribution in [0.1, 0.15) is 6.42 Å². The molecule has 0 amide bonds. The van der Waals surface area contributed by atoms with E-state index in [1.54, 1.807) is 0 Å². The highest BCUT2D eigenvalue weighted by atomic mass is 19.1. The second-order valence-electron chi connectivity index (χ2n) is 2.58. The van der Waals surface area contributed by atoms with Crippen molar-refractivity contribution in [2.24, 2.45) is 0 Å². The highest BCUT2D eigenvalue weighted by Crippen LogP contribution is 2.18. The summed E-state index contributed by atoms with van der Waals surface area (Å²) in [5.41, 5.74) is 0. The maximum absolute atomic E-state index is 12.0. The summed E-state index contributed by atoms with van der Waals surface area (Å²) in [4.78, 5) is 0. The molecule has 5 heteroatoms. The van der Waals surface area contributed by atoms with Gasteiger partial charge in [0.05, 0.1) is 6.10 Å². The van der Waals surface area contributed by atoms with Gasteiger partial charge in [-0.25, -0.2) is 4.39 Å². The Morgan fingerprint density at radius 2 is 2.00 bits per heavy atom. The van der Waals surface area contributed by atoms with Crippen molar-refractivity contribution in [1.29, 1.82) is 0 Å². The van der Waals surface area contributed by atoms with Crippen LogP contribution in [0.5, 0.6) is 0 Å². The highest BCUT2D eigenvalue weighted by Gasteiger charge is 2.35. The van der Waals surface area contributed by atoms with Gasteiger partial charge in [0, 0.05) is 6.42 Å².